The first-order valence-electron chi connectivity index (χ1n) is 8.26. The van der Waals surface area contributed by atoms with Gasteiger partial charge >= 0.3 is 0 Å². The van der Waals surface area contributed by atoms with Gasteiger partial charge in [0.05, 0.1) is 20.3 Å². The SMILES string of the molecule is COc1ccc([C@@H](C)NC(=O)COc2cc(C)c(Br)c(C)c2)cc1OC. The Morgan fingerprint density at radius 2 is 1.69 bits per heavy atom. The Hall–Kier alpha value is -2.21. The van der Waals surface area contributed by atoms with Crippen molar-refractivity contribution < 1.29 is 19.0 Å². The summed E-state index contributed by atoms with van der Waals surface area (Å²) in [6.07, 6.45) is 0. The number of halogens is 1. The predicted octanol–water partition coefficient (Wildman–Crippen LogP) is 4.34. The van der Waals surface area contributed by atoms with E-state index >= 15 is 0 Å². The van der Waals surface area contributed by atoms with Gasteiger partial charge in [-0.2, -0.15) is 0 Å². The quantitative estimate of drug-likeness (QED) is 0.722. The fourth-order valence-electron chi connectivity index (χ4n) is 2.63. The Labute approximate surface area is 162 Å². The number of carbonyl (C=O) groups excluding carboxylic acids is 1. The lowest BCUT2D eigenvalue weighted by atomic mass is 10.1. The van der Waals surface area contributed by atoms with Crippen molar-refractivity contribution in [1.29, 1.82) is 0 Å². The van der Waals surface area contributed by atoms with Crippen LogP contribution in [0.2, 0.25) is 0 Å². The van der Waals surface area contributed by atoms with Crippen molar-refractivity contribution in [2.45, 2.75) is 26.8 Å². The van der Waals surface area contributed by atoms with Gasteiger partial charge in [0.15, 0.2) is 18.1 Å². The number of hydrogen-bond donors (Lipinski definition) is 1. The number of hydrogen-bond acceptors (Lipinski definition) is 4. The Morgan fingerprint density at radius 3 is 2.27 bits per heavy atom. The summed E-state index contributed by atoms with van der Waals surface area (Å²) < 4.78 is 17.2. The summed E-state index contributed by atoms with van der Waals surface area (Å²) in [5.41, 5.74) is 3.06. The summed E-state index contributed by atoms with van der Waals surface area (Å²) in [6.45, 7) is 5.84. The molecule has 0 bridgehead atoms. The second-order valence-electron chi connectivity index (χ2n) is 6.06. The summed E-state index contributed by atoms with van der Waals surface area (Å²) in [6, 6.07) is 9.20. The van der Waals surface area contributed by atoms with E-state index < -0.39 is 0 Å². The van der Waals surface area contributed by atoms with Crippen LogP contribution >= 0.6 is 15.9 Å². The van der Waals surface area contributed by atoms with E-state index in [9.17, 15) is 4.79 Å². The fraction of sp³-hybridized carbons (Fsp3) is 0.350. The fourth-order valence-corrected chi connectivity index (χ4v) is 2.86. The highest BCUT2D eigenvalue weighted by molar-refractivity contribution is 9.10. The van der Waals surface area contributed by atoms with E-state index in [4.69, 9.17) is 14.2 Å². The lowest BCUT2D eigenvalue weighted by Gasteiger charge is -2.17. The molecule has 1 N–H and O–H groups in total. The number of aryl methyl sites for hydroxylation is 2. The van der Waals surface area contributed by atoms with Gasteiger partial charge < -0.3 is 19.5 Å². The number of carbonyl (C=O) groups is 1. The molecule has 0 aliphatic carbocycles. The van der Waals surface area contributed by atoms with Crippen LogP contribution < -0.4 is 19.5 Å². The van der Waals surface area contributed by atoms with E-state index in [0.29, 0.717) is 17.2 Å². The monoisotopic (exact) mass is 421 g/mol. The van der Waals surface area contributed by atoms with Crippen molar-refractivity contribution in [2.24, 2.45) is 0 Å². The maximum Gasteiger partial charge on any atom is 0.258 e. The Morgan fingerprint density at radius 1 is 1.08 bits per heavy atom. The molecular weight excluding hydrogens is 398 g/mol. The summed E-state index contributed by atoms with van der Waals surface area (Å²) in [5.74, 6) is 1.77. The minimum atomic E-state index is -0.189. The van der Waals surface area contributed by atoms with Gasteiger partial charge in [0.25, 0.3) is 5.91 Å². The van der Waals surface area contributed by atoms with Crippen molar-refractivity contribution in [3.8, 4) is 17.2 Å². The highest BCUT2D eigenvalue weighted by atomic mass is 79.9. The normalized spacial score (nSPS) is 11.6. The zero-order valence-electron chi connectivity index (χ0n) is 15.7. The van der Waals surface area contributed by atoms with Crippen LogP contribution in [-0.4, -0.2) is 26.7 Å². The molecule has 0 aliphatic heterocycles. The third kappa shape index (κ3) is 4.91. The lowest BCUT2D eigenvalue weighted by molar-refractivity contribution is -0.123. The van der Waals surface area contributed by atoms with Gasteiger partial charge in [-0.25, -0.2) is 0 Å². The van der Waals surface area contributed by atoms with Crippen LogP contribution in [-0.2, 0) is 4.79 Å². The second kappa shape index (κ2) is 8.94. The first kappa shape index (κ1) is 20.1. The molecule has 0 fully saturated rings. The highest BCUT2D eigenvalue weighted by Gasteiger charge is 2.13. The molecular formula is C20H24BrNO4. The first-order valence-corrected chi connectivity index (χ1v) is 9.05. The largest absolute Gasteiger partial charge is 0.493 e. The van der Waals surface area contributed by atoms with Crippen molar-refractivity contribution >= 4 is 21.8 Å². The molecule has 0 saturated heterocycles. The Balaban J connectivity index is 1.97. The zero-order chi connectivity index (χ0) is 19.3. The number of rotatable bonds is 7. The van der Waals surface area contributed by atoms with Crippen LogP contribution in [0.3, 0.4) is 0 Å². The van der Waals surface area contributed by atoms with Crippen LogP contribution in [0.5, 0.6) is 17.2 Å². The molecule has 1 amide bonds. The van der Waals surface area contributed by atoms with Crippen molar-refractivity contribution in [1.82, 2.24) is 5.32 Å². The van der Waals surface area contributed by atoms with Gasteiger partial charge in [0.1, 0.15) is 5.75 Å². The molecule has 0 aromatic heterocycles. The van der Waals surface area contributed by atoms with Crippen LogP contribution in [0.25, 0.3) is 0 Å². The van der Waals surface area contributed by atoms with Crippen molar-refractivity contribution in [3.05, 3.63) is 51.5 Å². The van der Waals surface area contributed by atoms with E-state index in [1.807, 2.05) is 51.1 Å². The summed E-state index contributed by atoms with van der Waals surface area (Å²) in [5, 5.41) is 2.93. The smallest absolute Gasteiger partial charge is 0.258 e. The number of benzene rings is 2. The molecule has 5 nitrogen and oxygen atoms in total. The second-order valence-corrected chi connectivity index (χ2v) is 6.86. The highest BCUT2D eigenvalue weighted by Crippen LogP contribution is 2.30. The van der Waals surface area contributed by atoms with Gasteiger partial charge in [0.2, 0.25) is 0 Å². The maximum atomic E-state index is 12.2. The van der Waals surface area contributed by atoms with Gasteiger partial charge in [-0.1, -0.05) is 22.0 Å². The molecule has 0 heterocycles. The molecule has 1 atom stereocenters. The van der Waals surface area contributed by atoms with Crippen molar-refractivity contribution in [3.63, 3.8) is 0 Å². The van der Waals surface area contributed by atoms with Crippen LogP contribution in [0, 0.1) is 13.8 Å². The Kier molecular flexibility index (Phi) is 6.91. The van der Waals surface area contributed by atoms with E-state index in [1.54, 1.807) is 14.2 Å². The van der Waals surface area contributed by atoms with Gasteiger partial charge in [-0.15, -0.1) is 0 Å². The van der Waals surface area contributed by atoms with Crippen LogP contribution in [0.15, 0.2) is 34.8 Å². The van der Waals surface area contributed by atoms with Gasteiger partial charge in [-0.3, -0.25) is 4.79 Å². The van der Waals surface area contributed by atoms with Crippen LogP contribution in [0.4, 0.5) is 0 Å². The molecule has 140 valence electrons. The summed E-state index contributed by atoms with van der Waals surface area (Å²) >= 11 is 3.52. The lowest BCUT2D eigenvalue weighted by Crippen LogP contribution is -2.31. The van der Waals surface area contributed by atoms with E-state index in [0.717, 1.165) is 21.2 Å². The number of ether oxygens (including phenoxy) is 3. The first-order chi connectivity index (χ1) is 12.3. The molecule has 2 aromatic rings. The molecule has 0 unspecified atom stereocenters. The maximum absolute atomic E-state index is 12.2. The number of methoxy groups -OCH3 is 2. The minimum Gasteiger partial charge on any atom is -0.493 e. The van der Waals surface area contributed by atoms with E-state index in [2.05, 4.69) is 21.2 Å². The zero-order valence-corrected chi connectivity index (χ0v) is 17.3. The van der Waals surface area contributed by atoms with E-state index in [1.165, 1.54) is 0 Å². The van der Waals surface area contributed by atoms with Crippen molar-refractivity contribution in [2.75, 3.05) is 20.8 Å². The molecule has 0 radical (unpaired) electrons. The molecule has 0 aliphatic rings. The van der Waals surface area contributed by atoms with Gasteiger partial charge in [0, 0.05) is 4.47 Å². The average molecular weight is 422 g/mol. The molecule has 6 heteroatoms. The predicted molar refractivity (Wildman–Crippen MR) is 105 cm³/mol. The number of amides is 1. The minimum absolute atomic E-state index is 0.0435. The summed E-state index contributed by atoms with van der Waals surface area (Å²) in [7, 11) is 3.17. The topological polar surface area (TPSA) is 56.8 Å². The Bertz CT molecular complexity index is 768. The molecule has 26 heavy (non-hydrogen) atoms. The standard InChI is InChI=1S/C20H24BrNO4/c1-12-8-16(9-13(2)20(12)21)26-11-19(23)22-14(3)15-6-7-17(24-4)18(10-15)25-5/h6-10,14H,11H2,1-5H3,(H,22,23)/t14-/m1/s1. The summed E-state index contributed by atoms with van der Waals surface area (Å²) in [4.78, 5) is 12.2. The molecule has 0 saturated carbocycles. The number of nitrogens with one attached hydrogen (secondary N) is 1. The van der Waals surface area contributed by atoms with E-state index in [-0.39, 0.29) is 18.6 Å². The van der Waals surface area contributed by atoms with Gasteiger partial charge in [-0.05, 0) is 61.7 Å². The average Bonchev–Trinajstić information content (AvgIpc) is 2.63. The molecule has 0 spiro atoms. The molecule has 2 rings (SSSR count). The third-order valence-electron chi connectivity index (χ3n) is 4.06. The molecule has 2 aromatic carbocycles. The third-order valence-corrected chi connectivity index (χ3v) is 5.32. The van der Waals surface area contributed by atoms with Crippen LogP contribution in [0.1, 0.15) is 29.7 Å².